The topological polar surface area (TPSA) is 96.0 Å². The number of anilines is 1. The van der Waals surface area contributed by atoms with E-state index in [4.69, 9.17) is 4.74 Å². The third-order valence-electron chi connectivity index (χ3n) is 8.07. The number of halogens is 1. The van der Waals surface area contributed by atoms with Crippen molar-refractivity contribution in [1.29, 1.82) is 0 Å². The summed E-state index contributed by atoms with van der Waals surface area (Å²) in [6.45, 7) is 2.59. The normalized spacial score (nSPS) is 14.4. The minimum absolute atomic E-state index is 0.0708. The van der Waals surface area contributed by atoms with Gasteiger partial charge in [0, 0.05) is 36.4 Å². The second kappa shape index (κ2) is 16.8. The van der Waals surface area contributed by atoms with E-state index in [0.29, 0.717) is 24.5 Å². The Morgan fingerprint density at radius 1 is 0.933 bits per heavy atom. The fourth-order valence-corrected chi connectivity index (χ4v) is 7.04. The smallest absolute Gasteiger partial charge is 0.243 e. The molecular weight excluding hydrogens is 654 g/mol. The summed E-state index contributed by atoms with van der Waals surface area (Å²) in [5.41, 5.74) is 2.30. The number of para-hydroxylation sites is 2. The number of nitrogens with one attached hydrogen (secondary N) is 1. The molecule has 0 aromatic heterocycles. The summed E-state index contributed by atoms with van der Waals surface area (Å²) in [7, 11) is -3.66. The van der Waals surface area contributed by atoms with E-state index in [9.17, 15) is 18.0 Å². The average Bonchev–Trinajstić information content (AvgIpc) is 3.03. The van der Waals surface area contributed by atoms with Crippen LogP contribution in [0.2, 0.25) is 0 Å². The number of carbonyl (C=O) groups is 2. The van der Waals surface area contributed by atoms with Gasteiger partial charge in [-0.15, -0.1) is 0 Å². The van der Waals surface area contributed by atoms with Gasteiger partial charge in [-0.1, -0.05) is 89.8 Å². The summed E-state index contributed by atoms with van der Waals surface area (Å²) in [5.74, 6) is 0.111. The van der Waals surface area contributed by atoms with Crippen molar-refractivity contribution in [1.82, 2.24) is 10.2 Å². The number of hydrogen-bond donors (Lipinski definition) is 1. The van der Waals surface area contributed by atoms with E-state index < -0.39 is 16.1 Å². The molecule has 45 heavy (non-hydrogen) atoms. The molecule has 0 radical (unpaired) electrons. The third kappa shape index (κ3) is 10.3. The van der Waals surface area contributed by atoms with Gasteiger partial charge in [0.15, 0.2) is 0 Å². The summed E-state index contributed by atoms with van der Waals surface area (Å²) in [5, 5.41) is 3.26. The van der Waals surface area contributed by atoms with Crippen LogP contribution in [0.15, 0.2) is 83.3 Å². The quantitative estimate of drug-likeness (QED) is 0.196. The maximum Gasteiger partial charge on any atom is 0.243 e. The Labute approximate surface area is 276 Å². The standard InChI is InChI=1S/C35H44BrN3O5S/c1-3-44-33-18-11-10-17-31(33)39(45(2,42)43)24-12-19-34(40)38(26-28-20-22-29(36)23-21-28)32(25-27-13-6-4-7-14-27)35(41)37-30-15-8-5-9-16-30/h4,6-7,10-11,13-14,17-18,20-23,30,32H,3,5,8-9,12,15-16,19,24-26H2,1-2H3,(H,37,41). The lowest BCUT2D eigenvalue weighted by Gasteiger charge is -2.34. The molecular formula is C35H44BrN3O5S. The molecule has 0 bridgehead atoms. The highest BCUT2D eigenvalue weighted by molar-refractivity contribution is 9.10. The van der Waals surface area contributed by atoms with E-state index in [1.165, 1.54) is 10.7 Å². The lowest BCUT2D eigenvalue weighted by Crippen LogP contribution is -2.52. The molecule has 1 aliphatic carbocycles. The Balaban J connectivity index is 1.59. The van der Waals surface area contributed by atoms with Gasteiger partial charge in [-0.05, 0) is 61.6 Å². The van der Waals surface area contributed by atoms with Crippen LogP contribution in [0.5, 0.6) is 5.75 Å². The fraction of sp³-hybridized carbons (Fsp3) is 0.429. The molecule has 1 unspecified atom stereocenters. The van der Waals surface area contributed by atoms with E-state index in [1.54, 1.807) is 29.2 Å². The first-order valence-electron chi connectivity index (χ1n) is 15.7. The van der Waals surface area contributed by atoms with Crippen molar-refractivity contribution in [2.24, 2.45) is 0 Å². The molecule has 2 amide bonds. The van der Waals surface area contributed by atoms with Crippen LogP contribution in [-0.2, 0) is 32.6 Å². The SMILES string of the molecule is CCOc1ccccc1N(CCCC(=O)N(Cc1ccc(Br)cc1)C(Cc1ccccc1)C(=O)NC1CCCCC1)S(C)(=O)=O. The lowest BCUT2D eigenvalue weighted by molar-refractivity contribution is -0.141. The van der Waals surface area contributed by atoms with E-state index >= 15 is 0 Å². The zero-order valence-electron chi connectivity index (χ0n) is 26.2. The monoisotopic (exact) mass is 697 g/mol. The minimum atomic E-state index is -3.66. The van der Waals surface area contributed by atoms with Gasteiger partial charge in [0.2, 0.25) is 21.8 Å². The van der Waals surface area contributed by atoms with Crippen LogP contribution < -0.4 is 14.4 Å². The first kappa shape index (κ1) is 34.5. The zero-order valence-corrected chi connectivity index (χ0v) is 28.6. The first-order chi connectivity index (χ1) is 21.7. The van der Waals surface area contributed by atoms with Crippen LogP contribution in [0.3, 0.4) is 0 Å². The highest BCUT2D eigenvalue weighted by Crippen LogP contribution is 2.30. The molecule has 1 aliphatic rings. The summed E-state index contributed by atoms with van der Waals surface area (Å²) in [6.07, 6.45) is 7.09. The van der Waals surface area contributed by atoms with E-state index in [1.807, 2.05) is 61.5 Å². The number of nitrogens with zero attached hydrogens (tertiary/aromatic N) is 2. The second-order valence-electron chi connectivity index (χ2n) is 11.5. The van der Waals surface area contributed by atoms with E-state index in [0.717, 1.165) is 47.5 Å². The van der Waals surface area contributed by atoms with Crippen LogP contribution >= 0.6 is 15.9 Å². The number of amides is 2. The van der Waals surface area contributed by atoms with Gasteiger partial charge < -0.3 is 15.0 Å². The van der Waals surface area contributed by atoms with Gasteiger partial charge in [-0.25, -0.2) is 8.42 Å². The van der Waals surface area contributed by atoms with Gasteiger partial charge in [0.25, 0.3) is 0 Å². The molecule has 10 heteroatoms. The molecule has 0 saturated heterocycles. The summed E-state index contributed by atoms with van der Waals surface area (Å²) < 4.78 is 33.7. The van der Waals surface area contributed by atoms with Gasteiger partial charge >= 0.3 is 0 Å². The van der Waals surface area contributed by atoms with Crippen molar-refractivity contribution < 1.29 is 22.7 Å². The highest BCUT2D eigenvalue weighted by Gasteiger charge is 2.32. The Bertz CT molecular complexity index is 1500. The molecule has 1 atom stereocenters. The zero-order chi connectivity index (χ0) is 32.2. The largest absolute Gasteiger partial charge is 0.492 e. The first-order valence-corrected chi connectivity index (χ1v) is 18.4. The van der Waals surface area contributed by atoms with Crippen LogP contribution in [-0.4, -0.2) is 56.6 Å². The molecule has 8 nitrogen and oxygen atoms in total. The van der Waals surface area contributed by atoms with Gasteiger partial charge in [-0.3, -0.25) is 13.9 Å². The lowest BCUT2D eigenvalue weighted by atomic mass is 9.94. The van der Waals surface area contributed by atoms with Crippen LogP contribution in [0.4, 0.5) is 5.69 Å². The van der Waals surface area contributed by atoms with Gasteiger partial charge in [0.1, 0.15) is 11.8 Å². The van der Waals surface area contributed by atoms with Crippen LogP contribution in [0, 0.1) is 0 Å². The molecule has 4 rings (SSSR count). The number of rotatable bonds is 15. The van der Waals surface area contributed by atoms with Gasteiger partial charge in [-0.2, -0.15) is 0 Å². The molecule has 0 aliphatic heterocycles. The molecule has 0 heterocycles. The molecule has 1 saturated carbocycles. The summed E-state index contributed by atoms with van der Waals surface area (Å²) >= 11 is 3.48. The van der Waals surface area contributed by atoms with E-state index in [-0.39, 0.29) is 43.8 Å². The number of sulfonamides is 1. The van der Waals surface area contributed by atoms with Crippen LogP contribution in [0.1, 0.15) is 63.0 Å². The number of benzene rings is 3. The molecule has 242 valence electrons. The van der Waals surface area contributed by atoms with Crippen molar-refractivity contribution in [3.05, 3.63) is 94.5 Å². The molecule has 0 spiro atoms. The van der Waals surface area contributed by atoms with Crippen molar-refractivity contribution in [3.63, 3.8) is 0 Å². The average molecular weight is 699 g/mol. The maximum absolute atomic E-state index is 14.1. The number of ether oxygens (including phenoxy) is 1. The predicted molar refractivity (Wildman–Crippen MR) is 183 cm³/mol. The Kier molecular flexibility index (Phi) is 12.9. The minimum Gasteiger partial charge on any atom is -0.492 e. The van der Waals surface area contributed by atoms with E-state index in [2.05, 4.69) is 21.2 Å². The highest BCUT2D eigenvalue weighted by atomic mass is 79.9. The van der Waals surface area contributed by atoms with Crippen molar-refractivity contribution in [2.75, 3.05) is 23.7 Å². The Hall–Kier alpha value is -3.37. The Morgan fingerprint density at radius 2 is 1.60 bits per heavy atom. The molecule has 1 N–H and O–H groups in total. The van der Waals surface area contributed by atoms with Gasteiger partial charge in [0.05, 0.1) is 18.6 Å². The third-order valence-corrected chi connectivity index (χ3v) is 9.78. The predicted octanol–water partition coefficient (Wildman–Crippen LogP) is 6.48. The maximum atomic E-state index is 14.1. The van der Waals surface area contributed by atoms with Crippen molar-refractivity contribution >= 4 is 43.5 Å². The Morgan fingerprint density at radius 3 is 2.27 bits per heavy atom. The molecule has 3 aromatic carbocycles. The van der Waals surface area contributed by atoms with Crippen molar-refractivity contribution in [2.45, 2.75) is 76.9 Å². The van der Waals surface area contributed by atoms with Crippen molar-refractivity contribution in [3.8, 4) is 5.75 Å². The summed E-state index contributed by atoms with van der Waals surface area (Å²) in [4.78, 5) is 29.8. The molecule has 3 aromatic rings. The fourth-order valence-electron chi connectivity index (χ4n) is 5.81. The number of hydrogen-bond acceptors (Lipinski definition) is 5. The van der Waals surface area contributed by atoms with Crippen LogP contribution in [0.25, 0.3) is 0 Å². The summed E-state index contributed by atoms with van der Waals surface area (Å²) in [6, 6.07) is 23.9. The number of carbonyl (C=O) groups excluding carboxylic acids is 2. The molecule has 1 fully saturated rings. The second-order valence-corrected chi connectivity index (χ2v) is 14.4.